The van der Waals surface area contributed by atoms with E-state index in [-0.39, 0.29) is 5.25 Å². The molecule has 0 saturated carbocycles. The molecule has 2 heterocycles. The largest absolute Gasteiger partial charge is 0.298 e. The molecule has 1 fully saturated rings. The number of benzene rings is 1. The molecule has 3 rings (SSSR count). The van der Waals surface area contributed by atoms with Gasteiger partial charge in [-0.3, -0.25) is 9.78 Å². The van der Waals surface area contributed by atoms with E-state index in [9.17, 15) is 4.79 Å². The Bertz CT molecular complexity index is 638. The van der Waals surface area contributed by atoms with Crippen molar-refractivity contribution in [2.75, 3.05) is 11.5 Å². The summed E-state index contributed by atoms with van der Waals surface area (Å²) in [7, 11) is 0. The van der Waals surface area contributed by atoms with Gasteiger partial charge in [-0.1, -0.05) is 25.1 Å². The Morgan fingerprint density at radius 2 is 2.05 bits per heavy atom. The maximum atomic E-state index is 12.7. The van der Waals surface area contributed by atoms with Gasteiger partial charge in [-0.25, -0.2) is 0 Å². The molecule has 0 N–H and O–H groups in total. The summed E-state index contributed by atoms with van der Waals surface area (Å²) in [4.78, 5) is 17.1. The highest BCUT2D eigenvalue weighted by Gasteiger charge is 2.30. The van der Waals surface area contributed by atoms with E-state index in [2.05, 4.69) is 18.0 Å². The summed E-state index contributed by atoms with van der Waals surface area (Å²) in [5, 5.41) is 1.74. The van der Waals surface area contributed by atoms with Crippen LogP contribution in [0.2, 0.25) is 0 Å². The van der Waals surface area contributed by atoms with Crippen LogP contribution in [0.5, 0.6) is 0 Å². The number of pyridine rings is 1. The lowest BCUT2D eigenvalue weighted by molar-refractivity contribution is -0.117. The maximum Gasteiger partial charge on any atom is 0.151 e. The molecule has 1 aliphatic rings. The fraction of sp³-hybridized carbons (Fsp3) is 0.412. The number of para-hydroxylation sites is 1. The number of rotatable bonds is 4. The highest BCUT2D eigenvalue weighted by molar-refractivity contribution is 8.07. The van der Waals surface area contributed by atoms with Crippen LogP contribution in [0.4, 0.5) is 0 Å². The molecule has 1 aliphatic heterocycles. The third kappa shape index (κ3) is 3.27. The number of aromatic nitrogens is 1. The molecule has 0 amide bonds. The fourth-order valence-corrected chi connectivity index (χ4v) is 5.84. The van der Waals surface area contributed by atoms with Crippen LogP contribution >= 0.6 is 23.5 Å². The second kappa shape index (κ2) is 6.84. The average molecular weight is 317 g/mol. The summed E-state index contributed by atoms with van der Waals surface area (Å²) in [5.74, 6) is 2.63. The Kier molecular flexibility index (Phi) is 4.86. The molecule has 1 aromatic carbocycles. The van der Waals surface area contributed by atoms with Gasteiger partial charge in [0.25, 0.3) is 0 Å². The zero-order valence-electron chi connectivity index (χ0n) is 12.1. The first-order valence-electron chi connectivity index (χ1n) is 7.38. The zero-order valence-corrected chi connectivity index (χ0v) is 13.8. The van der Waals surface area contributed by atoms with Crippen molar-refractivity contribution < 1.29 is 4.79 Å². The van der Waals surface area contributed by atoms with Crippen LogP contribution in [0.25, 0.3) is 10.9 Å². The van der Waals surface area contributed by atoms with Crippen LogP contribution in [-0.4, -0.2) is 32.8 Å². The Balaban J connectivity index is 1.83. The number of carbonyl (C=O) groups excluding carboxylic acids is 1. The number of hydrogen-bond acceptors (Lipinski definition) is 4. The van der Waals surface area contributed by atoms with E-state index in [1.807, 2.05) is 54.0 Å². The van der Waals surface area contributed by atoms with Gasteiger partial charge in [0.2, 0.25) is 0 Å². The predicted molar refractivity (Wildman–Crippen MR) is 93.2 cm³/mol. The van der Waals surface area contributed by atoms with Gasteiger partial charge in [0.05, 0.1) is 10.8 Å². The molecule has 0 radical (unpaired) electrons. The van der Waals surface area contributed by atoms with Gasteiger partial charge in [-0.05, 0) is 24.1 Å². The third-order valence-electron chi connectivity index (χ3n) is 3.87. The SMILES string of the molecule is CCC1SCCSC1C(=O)Cc1ccnc2ccccc12. The molecule has 1 saturated heterocycles. The number of thioether (sulfide) groups is 2. The first kappa shape index (κ1) is 14.9. The first-order chi connectivity index (χ1) is 10.3. The summed E-state index contributed by atoms with van der Waals surface area (Å²) in [6.45, 7) is 2.19. The molecule has 0 bridgehead atoms. The summed E-state index contributed by atoms with van der Waals surface area (Å²) < 4.78 is 0. The van der Waals surface area contributed by atoms with Crippen molar-refractivity contribution in [1.29, 1.82) is 0 Å². The lowest BCUT2D eigenvalue weighted by atomic mass is 10.0. The van der Waals surface area contributed by atoms with Gasteiger partial charge in [0.1, 0.15) is 0 Å². The Morgan fingerprint density at radius 3 is 2.90 bits per heavy atom. The zero-order chi connectivity index (χ0) is 14.7. The smallest absolute Gasteiger partial charge is 0.151 e. The number of nitrogens with zero attached hydrogens (tertiary/aromatic N) is 1. The van der Waals surface area contributed by atoms with E-state index in [0.29, 0.717) is 17.5 Å². The van der Waals surface area contributed by atoms with E-state index in [4.69, 9.17) is 0 Å². The number of Topliss-reactive ketones (excluding diaryl/α,β-unsaturated/α-hetero) is 1. The number of ketones is 1. The minimum absolute atomic E-state index is 0.153. The van der Waals surface area contributed by atoms with Gasteiger partial charge in [0.15, 0.2) is 5.78 Å². The Hall–Kier alpha value is -1.00. The van der Waals surface area contributed by atoms with Crippen LogP contribution < -0.4 is 0 Å². The van der Waals surface area contributed by atoms with Crippen molar-refractivity contribution >= 4 is 40.2 Å². The molecule has 0 spiro atoms. The lowest BCUT2D eigenvalue weighted by Gasteiger charge is -2.28. The molecule has 2 aromatic rings. The minimum atomic E-state index is 0.153. The first-order valence-corrected chi connectivity index (χ1v) is 9.48. The second-order valence-corrected chi connectivity index (χ2v) is 7.84. The molecular weight excluding hydrogens is 298 g/mol. The summed E-state index contributed by atoms with van der Waals surface area (Å²) in [5.41, 5.74) is 2.08. The van der Waals surface area contributed by atoms with E-state index in [0.717, 1.165) is 28.6 Å². The molecule has 2 nitrogen and oxygen atoms in total. The molecule has 2 unspecified atom stereocenters. The Labute approximate surface area is 134 Å². The molecule has 1 aromatic heterocycles. The molecule has 21 heavy (non-hydrogen) atoms. The fourth-order valence-electron chi connectivity index (χ4n) is 2.80. The van der Waals surface area contributed by atoms with Crippen molar-refractivity contribution in [2.24, 2.45) is 0 Å². The van der Waals surface area contributed by atoms with Crippen LogP contribution in [0.1, 0.15) is 18.9 Å². The van der Waals surface area contributed by atoms with Gasteiger partial charge < -0.3 is 0 Å². The number of carbonyl (C=O) groups is 1. The van der Waals surface area contributed by atoms with Gasteiger partial charge in [0, 0.05) is 34.8 Å². The summed E-state index contributed by atoms with van der Waals surface area (Å²) in [6, 6.07) is 10.1. The van der Waals surface area contributed by atoms with Crippen molar-refractivity contribution in [3.8, 4) is 0 Å². The quantitative estimate of drug-likeness (QED) is 0.853. The van der Waals surface area contributed by atoms with Crippen molar-refractivity contribution in [3.05, 3.63) is 42.1 Å². The van der Waals surface area contributed by atoms with Crippen LogP contribution in [0.15, 0.2) is 36.5 Å². The Morgan fingerprint density at radius 1 is 1.24 bits per heavy atom. The molecule has 4 heteroatoms. The van der Waals surface area contributed by atoms with E-state index >= 15 is 0 Å². The van der Waals surface area contributed by atoms with Gasteiger partial charge in [-0.2, -0.15) is 11.8 Å². The van der Waals surface area contributed by atoms with Crippen LogP contribution in [-0.2, 0) is 11.2 Å². The topological polar surface area (TPSA) is 30.0 Å². The van der Waals surface area contributed by atoms with E-state index in [1.165, 1.54) is 5.75 Å². The summed E-state index contributed by atoms with van der Waals surface area (Å²) >= 11 is 3.80. The normalized spacial score (nSPS) is 22.3. The van der Waals surface area contributed by atoms with Crippen LogP contribution in [0, 0.1) is 0 Å². The highest BCUT2D eigenvalue weighted by Crippen LogP contribution is 2.34. The maximum absolute atomic E-state index is 12.7. The number of hydrogen-bond donors (Lipinski definition) is 0. The third-order valence-corrected chi connectivity index (χ3v) is 7.17. The minimum Gasteiger partial charge on any atom is -0.298 e. The summed E-state index contributed by atoms with van der Waals surface area (Å²) in [6.07, 6.45) is 3.41. The lowest BCUT2D eigenvalue weighted by Crippen LogP contribution is -2.33. The van der Waals surface area contributed by atoms with Crippen molar-refractivity contribution in [2.45, 2.75) is 30.3 Å². The van der Waals surface area contributed by atoms with Crippen molar-refractivity contribution in [1.82, 2.24) is 4.98 Å². The monoisotopic (exact) mass is 317 g/mol. The highest BCUT2D eigenvalue weighted by atomic mass is 32.2. The molecule has 2 atom stereocenters. The second-order valence-electron chi connectivity index (χ2n) is 5.24. The van der Waals surface area contributed by atoms with E-state index < -0.39 is 0 Å². The average Bonchev–Trinajstić information content (AvgIpc) is 2.55. The predicted octanol–water partition coefficient (Wildman–Crippen LogP) is 3.97. The van der Waals surface area contributed by atoms with Crippen molar-refractivity contribution in [3.63, 3.8) is 0 Å². The standard InChI is InChI=1S/C17H19NOS2/c1-2-16-17(21-10-9-20-16)15(19)11-12-7-8-18-14-6-4-3-5-13(12)14/h3-8,16-17H,2,9-11H2,1H3. The molecular formula is C17H19NOS2. The molecule has 110 valence electrons. The number of fused-ring (bicyclic) bond motifs is 1. The molecule has 0 aliphatic carbocycles. The van der Waals surface area contributed by atoms with Gasteiger partial charge >= 0.3 is 0 Å². The van der Waals surface area contributed by atoms with E-state index in [1.54, 1.807) is 0 Å². The van der Waals surface area contributed by atoms with Gasteiger partial charge in [-0.15, -0.1) is 11.8 Å². The van der Waals surface area contributed by atoms with Crippen LogP contribution in [0.3, 0.4) is 0 Å².